The number of rotatable bonds is 7. The van der Waals surface area contributed by atoms with E-state index in [0.29, 0.717) is 16.3 Å². The van der Waals surface area contributed by atoms with Crippen molar-refractivity contribution in [2.24, 2.45) is 0 Å². The molecule has 0 saturated carbocycles. The third kappa shape index (κ3) is 6.23. The van der Waals surface area contributed by atoms with Crippen LogP contribution in [0.15, 0.2) is 48.5 Å². The SMILES string of the molecule is O=C(CCC(=O)OCc1cccc([N+](=O)[O-])c1)Nc1ccc(Cl)cc1. The zero-order chi connectivity index (χ0) is 18.2. The van der Waals surface area contributed by atoms with Crippen LogP contribution in [0.5, 0.6) is 0 Å². The maximum atomic E-state index is 11.8. The largest absolute Gasteiger partial charge is 0.461 e. The smallest absolute Gasteiger partial charge is 0.306 e. The molecule has 7 nitrogen and oxygen atoms in total. The second-order valence-electron chi connectivity index (χ2n) is 5.14. The van der Waals surface area contributed by atoms with Crippen LogP contribution in [-0.4, -0.2) is 16.8 Å². The topological polar surface area (TPSA) is 98.5 Å². The van der Waals surface area contributed by atoms with Crippen LogP contribution in [0.2, 0.25) is 5.02 Å². The van der Waals surface area contributed by atoms with Gasteiger partial charge in [-0.3, -0.25) is 19.7 Å². The van der Waals surface area contributed by atoms with Gasteiger partial charge in [0.25, 0.3) is 5.69 Å². The standard InChI is InChI=1S/C17H15ClN2O5/c18-13-4-6-14(7-5-13)19-16(21)8-9-17(22)25-11-12-2-1-3-15(10-12)20(23)24/h1-7,10H,8-9,11H2,(H,19,21). The van der Waals surface area contributed by atoms with Crippen molar-refractivity contribution in [3.63, 3.8) is 0 Å². The summed E-state index contributed by atoms with van der Waals surface area (Å²) < 4.78 is 5.02. The number of benzene rings is 2. The maximum Gasteiger partial charge on any atom is 0.306 e. The van der Waals surface area contributed by atoms with E-state index in [4.69, 9.17) is 16.3 Å². The Hall–Kier alpha value is -2.93. The van der Waals surface area contributed by atoms with Crippen LogP contribution in [0.4, 0.5) is 11.4 Å². The molecule has 8 heteroatoms. The first-order valence-corrected chi connectivity index (χ1v) is 7.76. The van der Waals surface area contributed by atoms with Crippen LogP contribution in [0, 0.1) is 10.1 Å². The lowest BCUT2D eigenvalue weighted by Gasteiger charge is -2.06. The molecule has 0 unspecified atom stereocenters. The number of hydrogen-bond acceptors (Lipinski definition) is 5. The highest BCUT2D eigenvalue weighted by molar-refractivity contribution is 6.30. The molecule has 0 radical (unpaired) electrons. The summed E-state index contributed by atoms with van der Waals surface area (Å²) in [5.74, 6) is -0.882. The number of ether oxygens (including phenoxy) is 1. The van der Waals surface area contributed by atoms with Gasteiger partial charge in [0.05, 0.1) is 11.3 Å². The first-order chi connectivity index (χ1) is 11.9. The van der Waals surface area contributed by atoms with E-state index in [1.54, 1.807) is 30.3 Å². The summed E-state index contributed by atoms with van der Waals surface area (Å²) in [7, 11) is 0. The molecule has 2 aromatic carbocycles. The summed E-state index contributed by atoms with van der Waals surface area (Å²) in [6.07, 6.45) is -0.120. The maximum absolute atomic E-state index is 11.8. The molecule has 0 atom stereocenters. The minimum atomic E-state index is -0.558. The molecule has 0 spiro atoms. The van der Waals surface area contributed by atoms with Crippen LogP contribution in [0.25, 0.3) is 0 Å². The van der Waals surface area contributed by atoms with E-state index in [-0.39, 0.29) is 31.0 Å². The number of hydrogen-bond donors (Lipinski definition) is 1. The molecule has 2 rings (SSSR count). The van der Waals surface area contributed by atoms with Crippen LogP contribution in [0.1, 0.15) is 18.4 Å². The van der Waals surface area contributed by atoms with Gasteiger partial charge < -0.3 is 10.1 Å². The molecule has 0 aromatic heterocycles. The van der Waals surface area contributed by atoms with Crippen molar-refractivity contribution in [3.8, 4) is 0 Å². The molecule has 0 aliphatic rings. The average molecular weight is 363 g/mol. The Labute approximate surface area is 148 Å². The number of halogens is 1. The molecule has 0 bridgehead atoms. The van der Waals surface area contributed by atoms with Gasteiger partial charge in [-0.05, 0) is 29.8 Å². The number of esters is 1. The Balaban J connectivity index is 1.75. The lowest BCUT2D eigenvalue weighted by Crippen LogP contribution is -2.14. The first-order valence-electron chi connectivity index (χ1n) is 7.38. The molecule has 2 aromatic rings. The molecule has 25 heavy (non-hydrogen) atoms. The van der Waals surface area contributed by atoms with Gasteiger partial charge in [0, 0.05) is 29.3 Å². The van der Waals surface area contributed by atoms with Gasteiger partial charge >= 0.3 is 5.97 Å². The van der Waals surface area contributed by atoms with Gasteiger partial charge in [-0.25, -0.2) is 0 Å². The molecule has 1 N–H and O–H groups in total. The summed E-state index contributed by atoms with van der Waals surface area (Å²) >= 11 is 5.75. The number of nitro groups is 1. The van der Waals surface area contributed by atoms with E-state index in [9.17, 15) is 19.7 Å². The summed E-state index contributed by atoms with van der Waals surface area (Å²) in [6, 6.07) is 12.4. The zero-order valence-electron chi connectivity index (χ0n) is 13.1. The van der Waals surface area contributed by atoms with Crippen molar-refractivity contribution in [2.45, 2.75) is 19.4 Å². The predicted molar refractivity (Wildman–Crippen MR) is 92.2 cm³/mol. The molecular weight excluding hydrogens is 348 g/mol. The number of amides is 1. The van der Waals surface area contributed by atoms with E-state index < -0.39 is 10.9 Å². The number of nitro benzene ring substituents is 1. The number of nitrogens with zero attached hydrogens (tertiary/aromatic N) is 1. The number of carbonyl (C=O) groups excluding carboxylic acids is 2. The van der Waals surface area contributed by atoms with Gasteiger partial charge in [0.2, 0.25) is 5.91 Å². The summed E-state index contributed by atoms with van der Waals surface area (Å²) in [5.41, 5.74) is 1.02. The Morgan fingerprint density at radius 1 is 1.12 bits per heavy atom. The fourth-order valence-corrected chi connectivity index (χ4v) is 2.09. The predicted octanol–water partition coefficient (Wildman–Crippen LogP) is 3.71. The molecule has 1 amide bonds. The zero-order valence-corrected chi connectivity index (χ0v) is 13.9. The first kappa shape index (κ1) is 18.4. The van der Waals surface area contributed by atoms with Crippen molar-refractivity contribution in [1.82, 2.24) is 0 Å². The Bertz CT molecular complexity index is 777. The van der Waals surface area contributed by atoms with Crippen molar-refractivity contribution in [1.29, 1.82) is 0 Å². The lowest BCUT2D eigenvalue weighted by molar-refractivity contribution is -0.384. The van der Waals surface area contributed by atoms with E-state index in [2.05, 4.69) is 5.32 Å². The summed E-state index contributed by atoms with van der Waals surface area (Å²) in [5, 5.41) is 13.9. The fraction of sp³-hybridized carbons (Fsp3) is 0.176. The Morgan fingerprint density at radius 2 is 1.84 bits per heavy atom. The van der Waals surface area contributed by atoms with Gasteiger partial charge in [-0.1, -0.05) is 23.7 Å². The number of non-ortho nitro benzene ring substituents is 1. The monoisotopic (exact) mass is 362 g/mol. The van der Waals surface area contributed by atoms with E-state index in [0.717, 1.165) is 0 Å². The molecule has 130 valence electrons. The summed E-state index contributed by atoms with van der Waals surface area (Å²) in [4.78, 5) is 33.6. The Morgan fingerprint density at radius 3 is 2.52 bits per heavy atom. The van der Waals surface area contributed by atoms with Gasteiger partial charge in [0.1, 0.15) is 6.61 Å². The average Bonchev–Trinajstić information content (AvgIpc) is 2.60. The molecular formula is C17H15ClN2O5. The minimum Gasteiger partial charge on any atom is -0.461 e. The molecule has 0 aliphatic heterocycles. The number of anilines is 1. The highest BCUT2D eigenvalue weighted by atomic mass is 35.5. The minimum absolute atomic E-state index is 0.0314. The van der Waals surface area contributed by atoms with E-state index >= 15 is 0 Å². The van der Waals surface area contributed by atoms with Crippen LogP contribution in [0.3, 0.4) is 0 Å². The quantitative estimate of drug-likeness (QED) is 0.460. The fourth-order valence-electron chi connectivity index (χ4n) is 1.97. The third-order valence-electron chi connectivity index (χ3n) is 3.21. The van der Waals surface area contributed by atoms with Gasteiger partial charge in [-0.15, -0.1) is 0 Å². The highest BCUT2D eigenvalue weighted by Gasteiger charge is 2.10. The van der Waals surface area contributed by atoms with E-state index in [1.807, 2.05) is 0 Å². The highest BCUT2D eigenvalue weighted by Crippen LogP contribution is 2.15. The van der Waals surface area contributed by atoms with E-state index in [1.165, 1.54) is 18.2 Å². The molecule has 0 fully saturated rings. The van der Waals surface area contributed by atoms with Gasteiger partial charge in [-0.2, -0.15) is 0 Å². The molecule has 0 saturated heterocycles. The summed E-state index contributed by atoms with van der Waals surface area (Å²) in [6.45, 7) is -0.0840. The van der Waals surface area contributed by atoms with Crippen molar-refractivity contribution >= 4 is 34.9 Å². The van der Waals surface area contributed by atoms with Crippen LogP contribution in [-0.2, 0) is 20.9 Å². The van der Waals surface area contributed by atoms with Crippen LogP contribution >= 0.6 is 11.6 Å². The molecule has 0 heterocycles. The lowest BCUT2D eigenvalue weighted by atomic mass is 10.2. The second kappa shape index (κ2) is 8.79. The number of nitrogens with one attached hydrogen (secondary N) is 1. The van der Waals surface area contributed by atoms with Crippen LogP contribution < -0.4 is 5.32 Å². The molecule has 0 aliphatic carbocycles. The van der Waals surface area contributed by atoms with Crippen molar-refractivity contribution in [3.05, 3.63) is 69.2 Å². The Kier molecular flexibility index (Phi) is 6.47. The van der Waals surface area contributed by atoms with Crippen molar-refractivity contribution < 1.29 is 19.2 Å². The third-order valence-corrected chi connectivity index (χ3v) is 3.46. The van der Waals surface area contributed by atoms with Gasteiger partial charge in [0.15, 0.2) is 0 Å². The number of carbonyl (C=O) groups is 2. The second-order valence-corrected chi connectivity index (χ2v) is 5.58. The normalized spacial score (nSPS) is 10.1. The van der Waals surface area contributed by atoms with Crippen molar-refractivity contribution in [2.75, 3.05) is 5.32 Å².